The van der Waals surface area contributed by atoms with Crippen LogP contribution in [0.15, 0.2) is 47.6 Å². The molecule has 0 aromatic heterocycles. The number of ether oxygens (including phenoxy) is 3. The highest BCUT2D eigenvalue weighted by atomic mass is 16.5. The van der Waals surface area contributed by atoms with Gasteiger partial charge in [-0.1, -0.05) is 0 Å². The van der Waals surface area contributed by atoms with Crippen LogP contribution in [0.25, 0.3) is 0 Å². The van der Waals surface area contributed by atoms with Crippen molar-refractivity contribution in [2.24, 2.45) is 10.8 Å². The fourth-order valence-corrected chi connectivity index (χ4v) is 2.23. The number of carbonyl (C=O) groups excluding carboxylic acids is 2. The monoisotopic (exact) mass is 385 g/mol. The van der Waals surface area contributed by atoms with Crippen molar-refractivity contribution in [1.82, 2.24) is 5.43 Å². The van der Waals surface area contributed by atoms with Gasteiger partial charge in [-0.25, -0.2) is 5.43 Å². The topological polar surface area (TPSA) is 112 Å². The Kier molecular flexibility index (Phi) is 7.83. The predicted molar refractivity (Wildman–Crippen MR) is 105 cm³/mol. The summed E-state index contributed by atoms with van der Waals surface area (Å²) >= 11 is 0. The summed E-state index contributed by atoms with van der Waals surface area (Å²) in [7, 11) is 0. The second-order valence-corrected chi connectivity index (χ2v) is 5.55. The van der Waals surface area contributed by atoms with Crippen molar-refractivity contribution in [1.29, 1.82) is 0 Å². The number of hydrogen-bond acceptors (Lipinski definition) is 6. The minimum Gasteiger partial charge on any atom is -0.490 e. The molecule has 2 aromatic rings. The molecule has 0 spiro atoms. The molecule has 0 saturated heterocycles. The molecule has 3 N–H and O–H groups in total. The minimum absolute atomic E-state index is 0.185. The highest BCUT2D eigenvalue weighted by molar-refractivity contribution is 5.95. The van der Waals surface area contributed by atoms with Crippen molar-refractivity contribution in [2.75, 3.05) is 19.8 Å². The number of rotatable bonds is 10. The van der Waals surface area contributed by atoms with Crippen molar-refractivity contribution in [3.05, 3.63) is 53.6 Å². The van der Waals surface area contributed by atoms with Crippen LogP contribution in [-0.4, -0.2) is 37.8 Å². The zero-order valence-corrected chi connectivity index (χ0v) is 15.8. The summed E-state index contributed by atoms with van der Waals surface area (Å²) in [6, 6.07) is 11.8. The summed E-state index contributed by atoms with van der Waals surface area (Å²) in [6.07, 6.45) is 1.49. The van der Waals surface area contributed by atoms with E-state index in [1.807, 2.05) is 13.8 Å². The molecule has 0 aliphatic carbocycles. The quantitative estimate of drug-likeness (QED) is 0.480. The maximum Gasteiger partial charge on any atom is 0.271 e. The maximum absolute atomic E-state index is 12.3. The van der Waals surface area contributed by atoms with E-state index in [-0.39, 0.29) is 12.5 Å². The number of carbonyl (C=O) groups is 2. The summed E-state index contributed by atoms with van der Waals surface area (Å²) in [5, 5.41) is 3.94. The number of nitrogens with zero attached hydrogens (tertiary/aromatic N) is 1. The lowest BCUT2D eigenvalue weighted by Crippen LogP contribution is -2.20. The largest absolute Gasteiger partial charge is 0.490 e. The first kappa shape index (κ1) is 20.8. The van der Waals surface area contributed by atoms with E-state index in [9.17, 15) is 9.59 Å². The van der Waals surface area contributed by atoms with Crippen LogP contribution in [0.3, 0.4) is 0 Å². The summed E-state index contributed by atoms with van der Waals surface area (Å²) in [5.41, 5.74) is 8.63. The van der Waals surface area contributed by atoms with Crippen LogP contribution in [0.4, 0.5) is 0 Å². The van der Waals surface area contributed by atoms with Gasteiger partial charge in [0.2, 0.25) is 0 Å². The third-order valence-electron chi connectivity index (χ3n) is 3.45. The zero-order chi connectivity index (χ0) is 20.4. The number of benzene rings is 2. The molecule has 148 valence electrons. The van der Waals surface area contributed by atoms with Crippen LogP contribution in [0.2, 0.25) is 0 Å². The second kappa shape index (κ2) is 10.6. The van der Waals surface area contributed by atoms with E-state index in [1.54, 1.807) is 42.5 Å². The fourth-order valence-electron chi connectivity index (χ4n) is 2.23. The summed E-state index contributed by atoms with van der Waals surface area (Å²) < 4.78 is 16.2. The van der Waals surface area contributed by atoms with E-state index >= 15 is 0 Å². The van der Waals surface area contributed by atoms with Crippen LogP contribution in [0, 0.1) is 0 Å². The van der Waals surface area contributed by atoms with Gasteiger partial charge in [-0.2, -0.15) is 5.10 Å². The molecule has 2 rings (SSSR count). The van der Waals surface area contributed by atoms with Crippen molar-refractivity contribution >= 4 is 18.0 Å². The van der Waals surface area contributed by atoms with Crippen molar-refractivity contribution in [3.63, 3.8) is 0 Å². The lowest BCUT2D eigenvalue weighted by Gasteiger charge is -2.11. The number of amides is 2. The fraction of sp³-hybridized carbons (Fsp3) is 0.250. The van der Waals surface area contributed by atoms with Gasteiger partial charge in [0.05, 0.1) is 19.4 Å². The van der Waals surface area contributed by atoms with Gasteiger partial charge in [-0.3, -0.25) is 9.59 Å². The van der Waals surface area contributed by atoms with E-state index < -0.39 is 5.91 Å². The van der Waals surface area contributed by atoms with Crippen molar-refractivity contribution < 1.29 is 23.8 Å². The molecule has 2 amide bonds. The van der Waals surface area contributed by atoms with Gasteiger partial charge in [0.25, 0.3) is 11.8 Å². The Hall–Kier alpha value is -3.55. The molecular weight excluding hydrogens is 362 g/mol. The van der Waals surface area contributed by atoms with Gasteiger partial charge in [-0.05, 0) is 61.9 Å². The molecule has 0 saturated carbocycles. The smallest absolute Gasteiger partial charge is 0.271 e. The molecule has 0 radical (unpaired) electrons. The molecular formula is C20H23N3O5. The lowest BCUT2D eigenvalue weighted by atomic mass is 10.2. The highest BCUT2D eigenvalue weighted by Gasteiger charge is 2.11. The van der Waals surface area contributed by atoms with Gasteiger partial charge in [0.1, 0.15) is 5.75 Å². The van der Waals surface area contributed by atoms with Crippen LogP contribution in [0.5, 0.6) is 17.2 Å². The number of hydrazone groups is 1. The zero-order valence-electron chi connectivity index (χ0n) is 15.8. The third-order valence-corrected chi connectivity index (χ3v) is 3.45. The molecule has 0 aliphatic rings. The molecule has 0 aliphatic heterocycles. The Morgan fingerprint density at radius 3 is 2.32 bits per heavy atom. The summed E-state index contributed by atoms with van der Waals surface area (Å²) in [4.78, 5) is 23.0. The number of hydrogen-bond donors (Lipinski definition) is 2. The van der Waals surface area contributed by atoms with Crippen LogP contribution in [0.1, 0.15) is 29.8 Å². The molecule has 0 fully saturated rings. The third kappa shape index (κ3) is 6.31. The average Bonchev–Trinajstić information content (AvgIpc) is 2.69. The number of nitrogens with two attached hydrogens (primary N) is 1. The molecule has 2 aromatic carbocycles. The summed E-state index contributed by atoms with van der Waals surface area (Å²) in [5.74, 6) is 0.685. The molecule has 0 bridgehead atoms. The predicted octanol–water partition coefficient (Wildman–Crippen LogP) is 2.11. The Morgan fingerprint density at radius 2 is 1.68 bits per heavy atom. The average molecular weight is 385 g/mol. The van der Waals surface area contributed by atoms with E-state index in [4.69, 9.17) is 19.9 Å². The Balaban J connectivity index is 1.97. The maximum atomic E-state index is 12.3. The highest BCUT2D eigenvalue weighted by Crippen LogP contribution is 2.28. The molecule has 0 unspecified atom stereocenters. The van der Waals surface area contributed by atoms with Gasteiger partial charge < -0.3 is 19.9 Å². The first-order valence-electron chi connectivity index (χ1n) is 8.77. The standard InChI is InChI=1S/C20H23N3O5/c1-3-26-17-10-7-15(11-18(17)27-4-2)20(25)23-22-12-14-5-8-16(9-6-14)28-13-19(21)24/h5-12H,3-4,13H2,1-2H3,(H2,21,24)(H,23,25)/b22-12+. The normalized spacial score (nSPS) is 10.5. The first-order chi connectivity index (χ1) is 13.5. The van der Waals surface area contributed by atoms with Gasteiger partial charge >= 0.3 is 0 Å². The lowest BCUT2D eigenvalue weighted by molar-refractivity contribution is -0.119. The van der Waals surface area contributed by atoms with Crippen molar-refractivity contribution in [3.8, 4) is 17.2 Å². The molecule has 28 heavy (non-hydrogen) atoms. The van der Waals surface area contributed by atoms with Crippen LogP contribution < -0.4 is 25.4 Å². The van der Waals surface area contributed by atoms with E-state index in [2.05, 4.69) is 10.5 Å². The van der Waals surface area contributed by atoms with E-state index in [0.29, 0.717) is 36.0 Å². The number of nitrogens with one attached hydrogen (secondary N) is 1. The van der Waals surface area contributed by atoms with Crippen LogP contribution in [-0.2, 0) is 4.79 Å². The Bertz CT molecular complexity index is 834. The Labute approximate surface area is 163 Å². The minimum atomic E-state index is -0.546. The van der Waals surface area contributed by atoms with E-state index in [1.165, 1.54) is 6.21 Å². The Morgan fingerprint density at radius 1 is 1.00 bits per heavy atom. The van der Waals surface area contributed by atoms with Gasteiger partial charge in [0.15, 0.2) is 18.1 Å². The second-order valence-electron chi connectivity index (χ2n) is 5.55. The molecule has 8 nitrogen and oxygen atoms in total. The molecule has 8 heteroatoms. The SMILES string of the molecule is CCOc1ccc(C(=O)N/N=C/c2ccc(OCC(N)=O)cc2)cc1OCC. The molecule has 0 atom stereocenters. The van der Waals surface area contributed by atoms with Gasteiger partial charge in [0, 0.05) is 5.56 Å². The summed E-state index contributed by atoms with van der Waals surface area (Å²) in [6.45, 7) is 4.51. The number of primary amides is 1. The van der Waals surface area contributed by atoms with E-state index in [0.717, 1.165) is 5.56 Å². The van der Waals surface area contributed by atoms with Crippen LogP contribution >= 0.6 is 0 Å². The first-order valence-corrected chi connectivity index (χ1v) is 8.77. The van der Waals surface area contributed by atoms with Crippen molar-refractivity contribution in [2.45, 2.75) is 13.8 Å². The molecule has 0 heterocycles. The van der Waals surface area contributed by atoms with Gasteiger partial charge in [-0.15, -0.1) is 0 Å².